The molecule has 0 fully saturated rings. The summed E-state index contributed by atoms with van der Waals surface area (Å²) in [6.07, 6.45) is 5.47. The highest BCUT2D eigenvalue weighted by atomic mass is 79.9. The molecule has 1 N–H and O–H groups in total. The van der Waals surface area contributed by atoms with E-state index in [1.165, 1.54) is 0 Å². The first kappa shape index (κ1) is 11.9. The molecule has 1 amide bonds. The van der Waals surface area contributed by atoms with Crippen molar-refractivity contribution in [2.45, 2.75) is 6.54 Å². The molecule has 2 aromatic rings. The smallest absolute Gasteiger partial charge is 0.253 e. The zero-order chi connectivity index (χ0) is 12.3. The topological polar surface area (TPSA) is 46.9 Å². The number of aryl methyl sites for hydroxylation is 1. The molecular formula is C12H12BrN3O. The third-order valence-electron chi connectivity index (χ3n) is 2.34. The monoisotopic (exact) mass is 293 g/mol. The average Bonchev–Trinajstić information content (AvgIpc) is 2.73. The van der Waals surface area contributed by atoms with E-state index in [2.05, 4.69) is 26.2 Å². The van der Waals surface area contributed by atoms with Gasteiger partial charge in [-0.3, -0.25) is 4.79 Å². The van der Waals surface area contributed by atoms with Crippen molar-refractivity contribution < 1.29 is 4.79 Å². The maximum atomic E-state index is 11.8. The molecule has 0 atom stereocenters. The van der Waals surface area contributed by atoms with E-state index in [0.29, 0.717) is 12.1 Å². The van der Waals surface area contributed by atoms with Crippen molar-refractivity contribution in [2.24, 2.45) is 7.05 Å². The van der Waals surface area contributed by atoms with E-state index in [1.54, 1.807) is 18.3 Å². The number of amides is 1. The molecule has 2 aromatic heterocycles. The second-order valence-electron chi connectivity index (χ2n) is 3.74. The molecule has 0 aliphatic rings. The van der Waals surface area contributed by atoms with Crippen LogP contribution in [-0.2, 0) is 13.6 Å². The molecule has 0 bridgehead atoms. The summed E-state index contributed by atoms with van der Waals surface area (Å²) < 4.78 is 2.67. The number of carbonyl (C=O) groups is 1. The van der Waals surface area contributed by atoms with Crippen LogP contribution in [0.3, 0.4) is 0 Å². The lowest BCUT2D eigenvalue weighted by Gasteiger charge is -2.03. The van der Waals surface area contributed by atoms with Gasteiger partial charge in [0.25, 0.3) is 5.91 Å². The zero-order valence-electron chi connectivity index (χ0n) is 9.35. The van der Waals surface area contributed by atoms with Gasteiger partial charge < -0.3 is 9.88 Å². The predicted molar refractivity (Wildman–Crippen MR) is 68.5 cm³/mol. The van der Waals surface area contributed by atoms with Crippen LogP contribution in [0.5, 0.6) is 0 Å². The minimum atomic E-state index is -0.117. The van der Waals surface area contributed by atoms with Crippen LogP contribution >= 0.6 is 15.9 Å². The van der Waals surface area contributed by atoms with Gasteiger partial charge in [-0.2, -0.15) is 0 Å². The molecule has 0 spiro atoms. The van der Waals surface area contributed by atoms with Crippen molar-refractivity contribution in [1.82, 2.24) is 14.9 Å². The fraction of sp³-hybridized carbons (Fsp3) is 0.167. The van der Waals surface area contributed by atoms with Gasteiger partial charge in [-0.15, -0.1) is 0 Å². The van der Waals surface area contributed by atoms with Gasteiger partial charge in [0.1, 0.15) is 4.60 Å². The molecule has 5 heteroatoms. The first-order chi connectivity index (χ1) is 8.15. The number of nitrogens with zero attached hydrogens (tertiary/aromatic N) is 2. The van der Waals surface area contributed by atoms with Crippen molar-refractivity contribution >= 4 is 21.8 Å². The van der Waals surface area contributed by atoms with E-state index in [9.17, 15) is 4.79 Å². The lowest BCUT2D eigenvalue weighted by atomic mass is 10.2. The average molecular weight is 294 g/mol. The first-order valence-corrected chi connectivity index (χ1v) is 5.95. The van der Waals surface area contributed by atoms with Crippen LogP contribution in [0.2, 0.25) is 0 Å². The number of halogens is 1. The zero-order valence-corrected chi connectivity index (χ0v) is 10.9. The Morgan fingerprint density at radius 3 is 2.88 bits per heavy atom. The summed E-state index contributed by atoms with van der Waals surface area (Å²) in [5.74, 6) is -0.117. The summed E-state index contributed by atoms with van der Waals surface area (Å²) in [5.41, 5.74) is 1.63. The summed E-state index contributed by atoms with van der Waals surface area (Å²) in [6, 6.07) is 5.45. The minimum Gasteiger partial charge on any atom is -0.357 e. The fourth-order valence-electron chi connectivity index (χ4n) is 1.46. The van der Waals surface area contributed by atoms with Gasteiger partial charge in [-0.25, -0.2) is 4.98 Å². The quantitative estimate of drug-likeness (QED) is 0.881. The standard InChI is InChI=1S/C12H12BrN3O/c1-16-5-4-9(8-16)6-15-12(17)10-2-3-11(13)14-7-10/h2-5,7-8H,6H2,1H3,(H,15,17). The number of pyridine rings is 1. The summed E-state index contributed by atoms with van der Waals surface area (Å²) in [4.78, 5) is 15.8. The molecule has 0 radical (unpaired) electrons. The van der Waals surface area contributed by atoms with Gasteiger partial charge in [-0.05, 0) is 39.7 Å². The molecule has 0 unspecified atom stereocenters. The molecule has 0 aliphatic heterocycles. The highest BCUT2D eigenvalue weighted by Gasteiger charge is 2.05. The molecule has 2 rings (SSSR count). The van der Waals surface area contributed by atoms with Crippen LogP contribution in [0, 0.1) is 0 Å². The maximum Gasteiger partial charge on any atom is 0.253 e. The van der Waals surface area contributed by atoms with Crippen molar-refractivity contribution in [3.63, 3.8) is 0 Å². The Kier molecular flexibility index (Phi) is 3.58. The highest BCUT2D eigenvalue weighted by molar-refractivity contribution is 9.10. The summed E-state index contributed by atoms with van der Waals surface area (Å²) in [7, 11) is 1.95. The molecule has 0 saturated carbocycles. The second kappa shape index (κ2) is 5.14. The Morgan fingerprint density at radius 2 is 2.29 bits per heavy atom. The molecule has 2 heterocycles. The third kappa shape index (κ3) is 3.17. The number of aromatic nitrogens is 2. The van der Waals surface area contributed by atoms with E-state index in [0.717, 1.165) is 10.2 Å². The Balaban J connectivity index is 1.95. The van der Waals surface area contributed by atoms with Crippen LogP contribution < -0.4 is 5.32 Å². The van der Waals surface area contributed by atoms with E-state index < -0.39 is 0 Å². The Morgan fingerprint density at radius 1 is 1.47 bits per heavy atom. The first-order valence-electron chi connectivity index (χ1n) is 5.16. The fourth-order valence-corrected chi connectivity index (χ4v) is 1.69. The lowest BCUT2D eigenvalue weighted by Crippen LogP contribution is -2.22. The molecular weight excluding hydrogens is 282 g/mol. The molecule has 17 heavy (non-hydrogen) atoms. The summed E-state index contributed by atoms with van der Waals surface area (Å²) in [6.45, 7) is 0.524. The largest absolute Gasteiger partial charge is 0.357 e. The van der Waals surface area contributed by atoms with Crippen LogP contribution in [-0.4, -0.2) is 15.5 Å². The van der Waals surface area contributed by atoms with Gasteiger partial charge in [0.2, 0.25) is 0 Å². The third-order valence-corrected chi connectivity index (χ3v) is 2.80. The summed E-state index contributed by atoms with van der Waals surface area (Å²) >= 11 is 3.23. The van der Waals surface area contributed by atoms with Crippen molar-refractivity contribution in [2.75, 3.05) is 0 Å². The van der Waals surface area contributed by atoms with Crippen molar-refractivity contribution in [3.8, 4) is 0 Å². The molecule has 88 valence electrons. The van der Waals surface area contributed by atoms with Crippen LogP contribution in [0.1, 0.15) is 15.9 Å². The molecule has 0 saturated heterocycles. The van der Waals surface area contributed by atoms with E-state index in [4.69, 9.17) is 0 Å². The SMILES string of the molecule is Cn1ccc(CNC(=O)c2ccc(Br)nc2)c1. The predicted octanol–water partition coefficient (Wildman–Crippen LogP) is 2.11. The van der Waals surface area contributed by atoms with Gasteiger partial charge >= 0.3 is 0 Å². The number of hydrogen-bond donors (Lipinski definition) is 1. The number of hydrogen-bond acceptors (Lipinski definition) is 2. The van der Waals surface area contributed by atoms with E-state index >= 15 is 0 Å². The molecule has 4 nitrogen and oxygen atoms in total. The number of carbonyl (C=O) groups excluding carboxylic acids is 1. The van der Waals surface area contributed by atoms with Crippen LogP contribution in [0.4, 0.5) is 0 Å². The number of rotatable bonds is 3. The lowest BCUT2D eigenvalue weighted by molar-refractivity contribution is 0.0950. The summed E-state index contributed by atoms with van der Waals surface area (Å²) in [5, 5.41) is 2.84. The van der Waals surface area contributed by atoms with Crippen LogP contribution in [0.15, 0.2) is 41.4 Å². The normalized spacial score (nSPS) is 10.2. The Bertz CT molecular complexity index is 519. The Hall–Kier alpha value is -1.62. The van der Waals surface area contributed by atoms with Crippen LogP contribution in [0.25, 0.3) is 0 Å². The molecule has 0 aromatic carbocycles. The highest BCUT2D eigenvalue weighted by Crippen LogP contribution is 2.06. The Labute approximate surface area is 108 Å². The van der Waals surface area contributed by atoms with E-state index in [-0.39, 0.29) is 5.91 Å². The van der Waals surface area contributed by atoms with Crippen molar-refractivity contribution in [1.29, 1.82) is 0 Å². The van der Waals surface area contributed by atoms with Crippen molar-refractivity contribution in [3.05, 3.63) is 52.5 Å². The van der Waals surface area contributed by atoms with Gasteiger partial charge in [0.05, 0.1) is 5.56 Å². The molecule has 0 aliphatic carbocycles. The minimum absolute atomic E-state index is 0.117. The van der Waals surface area contributed by atoms with Gasteiger partial charge in [0, 0.05) is 32.2 Å². The van der Waals surface area contributed by atoms with E-state index in [1.807, 2.05) is 30.1 Å². The second-order valence-corrected chi connectivity index (χ2v) is 4.55. The maximum absolute atomic E-state index is 11.8. The van der Waals surface area contributed by atoms with Gasteiger partial charge in [-0.1, -0.05) is 0 Å². The van der Waals surface area contributed by atoms with Gasteiger partial charge in [0.15, 0.2) is 0 Å². The number of nitrogens with one attached hydrogen (secondary N) is 1.